The van der Waals surface area contributed by atoms with Gasteiger partial charge in [0.05, 0.1) is 13.2 Å². The SMILES string of the molecule is CC1COP(C)OC1. The van der Waals surface area contributed by atoms with E-state index in [-0.39, 0.29) is 0 Å². The summed E-state index contributed by atoms with van der Waals surface area (Å²) in [6.07, 6.45) is 0. The summed E-state index contributed by atoms with van der Waals surface area (Å²) >= 11 is 0. The monoisotopic (exact) mass is 134 g/mol. The molecule has 0 aliphatic carbocycles. The zero-order valence-corrected chi connectivity index (χ0v) is 6.15. The fourth-order valence-electron chi connectivity index (χ4n) is 0.550. The van der Waals surface area contributed by atoms with Gasteiger partial charge in [-0.3, -0.25) is 0 Å². The summed E-state index contributed by atoms with van der Waals surface area (Å²) in [4.78, 5) is 0. The molecule has 0 bridgehead atoms. The van der Waals surface area contributed by atoms with Crippen molar-refractivity contribution in [2.75, 3.05) is 19.9 Å². The van der Waals surface area contributed by atoms with Crippen LogP contribution in [0.4, 0.5) is 0 Å². The summed E-state index contributed by atoms with van der Waals surface area (Å²) < 4.78 is 10.5. The van der Waals surface area contributed by atoms with Crippen LogP contribution in [0.15, 0.2) is 0 Å². The normalized spacial score (nSPS) is 39.8. The van der Waals surface area contributed by atoms with Crippen LogP contribution in [0.2, 0.25) is 0 Å². The van der Waals surface area contributed by atoms with E-state index < -0.39 is 8.38 Å². The van der Waals surface area contributed by atoms with Gasteiger partial charge in [-0.25, -0.2) is 0 Å². The minimum Gasteiger partial charge on any atom is -0.334 e. The Hall–Kier alpha value is 0.350. The first-order valence-electron chi connectivity index (χ1n) is 2.78. The molecule has 1 fully saturated rings. The lowest BCUT2D eigenvalue weighted by molar-refractivity contribution is 0.132. The van der Waals surface area contributed by atoms with Crippen LogP contribution in [0.25, 0.3) is 0 Å². The van der Waals surface area contributed by atoms with Crippen molar-refractivity contribution in [1.82, 2.24) is 0 Å². The Balaban J connectivity index is 2.19. The summed E-state index contributed by atoms with van der Waals surface area (Å²) in [5.74, 6) is 0.591. The molecule has 0 aromatic heterocycles. The number of rotatable bonds is 0. The zero-order chi connectivity index (χ0) is 5.98. The van der Waals surface area contributed by atoms with Crippen molar-refractivity contribution in [2.45, 2.75) is 6.92 Å². The van der Waals surface area contributed by atoms with E-state index in [1.165, 1.54) is 0 Å². The average Bonchev–Trinajstić information content (AvgIpc) is 1.77. The summed E-state index contributed by atoms with van der Waals surface area (Å²) in [6, 6.07) is 0. The van der Waals surface area contributed by atoms with Crippen LogP contribution in [0, 0.1) is 5.92 Å². The highest BCUT2D eigenvalue weighted by atomic mass is 31.2. The topological polar surface area (TPSA) is 18.5 Å². The Morgan fingerprint density at radius 1 is 1.38 bits per heavy atom. The third kappa shape index (κ3) is 1.70. The second kappa shape index (κ2) is 2.77. The van der Waals surface area contributed by atoms with Crippen LogP contribution in [0.5, 0.6) is 0 Å². The van der Waals surface area contributed by atoms with Gasteiger partial charge in [0, 0.05) is 12.6 Å². The van der Waals surface area contributed by atoms with Gasteiger partial charge in [-0.2, -0.15) is 0 Å². The molecule has 0 aromatic rings. The van der Waals surface area contributed by atoms with Gasteiger partial charge in [0.15, 0.2) is 8.38 Å². The standard InChI is InChI=1S/C5H11O2P/c1-5-3-6-8(2)7-4-5/h5H,3-4H2,1-2H3. The van der Waals surface area contributed by atoms with Crippen LogP contribution in [0.3, 0.4) is 0 Å². The largest absolute Gasteiger partial charge is 0.334 e. The minimum absolute atomic E-state index is 0.518. The number of hydrogen-bond acceptors (Lipinski definition) is 2. The van der Waals surface area contributed by atoms with E-state index in [0.717, 1.165) is 13.2 Å². The van der Waals surface area contributed by atoms with Crippen molar-refractivity contribution in [3.05, 3.63) is 0 Å². The molecule has 1 aliphatic rings. The van der Waals surface area contributed by atoms with Gasteiger partial charge in [-0.05, 0) is 0 Å². The van der Waals surface area contributed by atoms with E-state index >= 15 is 0 Å². The van der Waals surface area contributed by atoms with Crippen molar-refractivity contribution >= 4 is 8.38 Å². The summed E-state index contributed by atoms with van der Waals surface area (Å²) in [5, 5.41) is 0. The van der Waals surface area contributed by atoms with Gasteiger partial charge >= 0.3 is 0 Å². The molecule has 0 amide bonds. The molecule has 8 heavy (non-hydrogen) atoms. The maximum absolute atomic E-state index is 5.23. The van der Waals surface area contributed by atoms with E-state index in [4.69, 9.17) is 9.05 Å². The zero-order valence-electron chi connectivity index (χ0n) is 5.26. The molecule has 0 N–H and O–H groups in total. The van der Waals surface area contributed by atoms with E-state index in [0.29, 0.717) is 5.92 Å². The van der Waals surface area contributed by atoms with E-state index in [9.17, 15) is 0 Å². The van der Waals surface area contributed by atoms with Crippen LogP contribution in [-0.4, -0.2) is 19.9 Å². The van der Waals surface area contributed by atoms with Crippen LogP contribution < -0.4 is 0 Å². The summed E-state index contributed by atoms with van der Waals surface area (Å²) in [5.41, 5.74) is 0. The van der Waals surface area contributed by atoms with Crippen molar-refractivity contribution in [2.24, 2.45) is 5.92 Å². The Morgan fingerprint density at radius 2 is 1.88 bits per heavy atom. The van der Waals surface area contributed by atoms with Crippen molar-refractivity contribution in [3.63, 3.8) is 0 Å². The fraction of sp³-hybridized carbons (Fsp3) is 1.00. The highest BCUT2D eigenvalue weighted by Gasteiger charge is 2.14. The quantitative estimate of drug-likeness (QED) is 0.468. The molecule has 2 nitrogen and oxygen atoms in total. The molecular weight excluding hydrogens is 123 g/mol. The van der Waals surface area contributed by atoms with Gasteiger partial charge < -0.3 is 9.05 Å². The van der Waals surface area contributed by atoms with Gasteiger partial charge in [0.25, 0.3) is 0 Å². The van der Waals surface area contributed by atoms with Crippen molar-refractivity contribution < 1.29 is 9.05 Å². The minimum atomic E-state index is -0.518. The highest BCUT2D eigenvalue weighted by molar-refractivity contribution is 7.46. The molecule has 1 saturated heterocycles. The first-order chi connectivity index (χ1) is 3.79. The van der Waals surface area contributed by atoms with Gasteiger partial charge in [0.2, 0.25) is 0 Å². The molecule has 0 spiro atoms. The lowest BCUT2D eigenvalue weighted by Crippen LogP contribution is -2.15. The molecule has 0 unspecified atom stereocenters. The van der Waals surface area contributed by atoms with Crippen molar-refractivity contribution in [1.29, 1.82) is 0 Å². The Morgan fingerprint density at radius 3 is 2.25 bits per heavy atom. The van der Waals surface area contributed by atoms with Crippen LogP contribution in [0.1, 0.15) is 6.92 Å². The second-order valence-electron chi connectivity index (χ2n) is 2.14. The molecule has 1 rings (SSSR count). The second-order valence-corrected chi connectivity index (χ2v) is 3.53. The van der Waals surface area contributed by atoms with E-state index in [1.54, 1.807) is 0 Å². The smallest absolute Gasteiger partial charge is 0.167 e. The van der Waals surface area contributed by atoms with Crippen LogP contribution in [-0.2, 0) is 9.05 Å². The molecule has 1 heterocycles. The molecular formula is C5H11O2P. The Bertz CT molecular complexity index is 58.8. The predicted molar refractivity (Wildman–Crippen MR) is 33.9 cm³/mol. The van der Waals surface area contributed by atoms with E-state index in [1.807, 2.05) is 6.66 Å². The first-order valence-corrected chi connectivity index (χ1v) is 4.41. The summed E-state index contributed by atoms with van der Waals surface area (Å²) in [7, 11) is -0.518. The summed E-state index contributed by atoms with van der Waals surface area (Å²) in [6.45, 7) is 5.87. The van der Waals surface area contributed by atoms with Gasteiger partial charge in [0.1, 0.15) is 0 Å². The van der Waals surface area contributed by atoms with E-state index in [2.05, 4.69) is 6.92 Å². The predicted octanol–water partition coefficient (Wildman–Crippen LogP) is 1.61. The van der Waals surface area contributed by atoms with Gasteiger partial charge in [-0.15, -0.1) is 0 Å². The highest BCUT2D eigenvalue weighted by Crippen LogP contribution is 2.37. The molecule has 0 atom stereocenters. The van der Waals surface area contributed by atoms with Gasteiger partial charge in [-0.1, -0.05) is 6.92 Å². The molecule has 3 heteroatoms. The Kier molecular flexibility index (Phi) is 2.24. The molecule has 0 aromatic carbocycles. The van der Waals surface area contributed by atoms with Crippen LogP contribution >= 0.6 is 8.38 Å². The third-order valence-electron chi connectivity index (χ3n) is 1.08. The lowest BCUT2D eigenvalue weighted by Gasteiger charge is -2.23. The first kappa shape index (κ1) is 6.47. The maximum atomic E-state index is 5.23. The van der Waals surface area contributed by atoms with Crippen molar-refractivity contribution in [3.8, 4) is 0 Å². The molecule has 48 valence electrons. The third-order valence-corrected chi connectivity index (χ3v) is 2.11. The number of hydrogen-bond donors (Lipinski definition) is 0. The maximum Gasteiger partial charge on any atom is 0.167 e. The molecule has 0 radical (unpaired) electrons. The molecule has 1 aliphatic heterocycles. The Labute approximate surface area is 51.1 Å². The molecule has 0 saturated carbocycles. The average molecular weight is 134 g/mol. The lowest BCUT2D eigenvalue weighted by atomic mass is 10.2. The fourth-order valence-corrected chi connectivity index (χ4v) is 1.55.